The summed E-state index contributed by atoms with van der Waals surface area (Å²) in [5, 5.41) is 13.4. The molecule has 2 atom stereocenters. The van der Waals surface area contributed by atoms with Crippen LogP contribution in [0.2, 0.25) is 5.02 Å². The van der Waals surface area contributed by atoms with Crippen LogP contribution >= 0.6 is 11.6 Å². The molecular formula is C13H19ClN2O. The van der Waals surface area contributed by atoms with Crippen LogP contribution < -0.4 is 10.2 Å². The lowest BCUT2D eigenvalue weighted by Gasteiger charge is -2.31. The van der Waals surface area contributed by atoms with Gasteiger partial charge in [-0.05, 0) is 32.0 Å². The van der Waals surface area contributed by atoms with Gasteiger partial charge in [0.05, 0.1) is 17.3 Å². The Morgan fingerprint density at radius 2 is 2.24 bits per heavy atom. The number of nitrogens with one attached hydrogen (secondary N) is 1. The van der Waals surface area contributed by atoms with Crippen LogP contribution in [0.3, 0.4) is 0 Å². The Balaban J connectivity index is 2.24. The average molecular weight is 255 g/mol. The van der Waals surface area contributed by atoms with Crippen LogP contribution in [-0.4, -0.2) is 36.9 Å². The summed E-state index contributed by atoms with van der Waals surface area (Å²) in [4.78, 5) is 2.28. The topological polar surface area (TPSA) is 35.5 Å². The Hall–Kier alpha value is -0.770. The molecule has 1 aromatic rings. The maximum absolute atomic E-state index is 9.31. The van der Waals surface area contributed by atoms with Gasteiger partial charge in [-0.25, -0.2) is 0 Å². The summed E-state index contributed by atoms with van der Waals surface area (Å²) in [6.45, 7) is 4.09. The molecule has 2 N–H and O–H groups in total. The molecule has 0 aliphatic carbocycles. The van der Waals surface area contributed by atoms with Gasteiger partial charge in [-0.2, -0.15) is 0 Å². The first-order valence-electron chi connectivity index (χ1n) is 6.07. The van der Waals surface area contributed by atoms with E-state index in [1.54, 1.807) is 0 Å². The molecule has 1 aliphatic heterocycles. The van der Waals surface area contributed by atoms with Gasteiger partial charge in [0.1, 0.15) is 0 Å². The van der Waals surface area contributed by atoms with Crippen molar-refractivity contribution in [3.63, 3.8) is 0 Å². The predicted octanol–water partition coefficient (Wildman–Crippen LogP) is 1.89. The van der Waals surface area contributed by atoms with Gasteiger partial charge in [-0.3, -0.25) is 0 Å². The summed E-state index contributed by atoms with van der Waals surface area (Å²) in [5.41, 5.74) is 1.06. The number of aliphatic hydroxyl groups is 1. The van der Waals surface area contributed by atoms with Gasteiger partial charge in [-0.1, -0.05) is 23.7 Å². The zero-order chi connectivity index (χ0) is 12.3. The molecule has 1 aliphatic rings. The lowest BCUT2D eigenvalue weighted by molar-refractivity contribution is 0.248. The van der Waals surface area contributed by atoms with E-state index in [1.165, 1.54) is 0 Å². The van der Waals surface area contributed by atoms with Gasteiger partial charge in [0, 0.05) is 18.6 Å². The minimum atomic E-state index is 0.122. The molecule has 0 bridgehead atoms. The molecule has 1 aromatic carbocycles. The number of halogens is 1. The Labute approximate surface area is 107 Å². The highest BCUT2D eigenvalue weighted by Gasteiger charge is 2.23. The third-order valence-electron chi connectivity index (χ3n) is 3.33. The zero-order valence-corrected chi connectivity index (χ0v) is 10.8. The maximum Gasteiger partial charge on any atom is 0.0639 e. The van der Waals surface area contributed by atoms with E-state index in [9.17, 15) is 5.11 Å². The summed E-state index contributed by atoms with van der Waals surface area (Å²) >= 11 is 6.24. The molecule has 4 heteroatoms. The lowest BCUT2D eigenvalue weighted by Crippen LogP contribution is -2.42. The summed E-state index contributed by atoms with van der Waals surface area (Å²) < 4.78 is 0. The van der Waals surface area contributed by atoms with Crippen molar-refractivity contribution in [1.29, 1.82) is 0 Å². The Bertz CT molecular complexity index is 372. The molecule has 2 rings (SSSR count). The van der Waals surface area contributed by atoms with Crippen molar-refractivity contribution in [2.45, 2.75) is 25.4 Å². The van der Waals surface area contributed by atoms with E-state index >= 15 is 0 Å². The smallest absolute Gasteiger partial charge is 0.0639 e. The number of hydrogen-bond acceptors (Lipinski definition) is 3. The Morgan fingerprint density at radius 3 is 2.94 bits per heavy atom. The fourth-order valence-electron chi connectivity index (χ4n) is 2.28. The number of rotatable bonds is 2. The van der Waals surface area contributed by atoms with Gasteiger partial charge in [0.2, 0.25) is 0 Å². The van der Waals surface area contributed by atoms with Crippen molar-refractivity contribution < 1.29 is 5.11 Å². The molecular weight excluding hydrogens is 236 g/mol. The van der Waals surface area contributed by atoms with E-state index in [4.69, 9.17) is 11.6 Å². The second-order valence-corrected chi connectivity index (χ2v) is 4.98. The molecule has 0 radical (unpaired) electrons. The molecule has 94 valence electrons. The second-order valence-electron chi connectivity index (χ2n) is 4.58. The van der Waals surface area contributed by atoms with Crippen molar-refractivity contribution in [2.75, 3.05) is 24.6 Å². The average Bonchev–Trinajstić information content (AvgIpc) is 2.52. The van der Waals surface area contributed by atoms with Crippen LogP contribution in [0.15, 0.2) is 24.3 Å². The fourth-order valence-corrected chi connectivity index (χ4v) is 2.52. The molecule has 2 unspecified atom stereocenters. The predicted molar refractivity (Wildman–Crippen MR) is 71.8 cm³/mol. The van der Waals surface area contributed by atoms with E-state index in [0.29, 0.717) is 6.04 Å². The van der Waals surface area contributed by atoms with Gasteiger partial charge in [0.25, 0.3) is 0 Å². The van der Waals surface area contributed by atoms with Gasteiger partial charge < -0.3 is 15.3 Å². The van der Waals surface area contributed by atoms with E-state index in [0.717, 1.165) is 30.2 Å². The highest BCUT2D eigenvalue weighted by molar-refractivity contribution is 6.33. The standard InChI is InChI=1S/C13H19ClN2O/c1-10-6-7-15-11(9-17)8-16(10)13-5-3-2-4-12(13)14/h2-5,10-11,15,17H,6-9H2,1H3. The van der Waals surface area contributed by atoms with Crippen LogP contribution in [-0.2, 0) is 0 Å². The van der Waals surface area contributed by atoms with Crippen molar-refractivity contribution in [3.05, 3.63) is 29.3 Å². The van der Waals surface area contributed by atoms with E-state index < -0.39 is 0 Å². The SMILES string of the molecule is CC1CCNC(CO)CN1c1ccccc1Cl. The molecule has 1 saturated heterocycles. The number of aliphatic hydroxyl groups excluding tert-OH is 1. The summed E-state index contributed by atoms with van der Waals surface area (Å²) in [6, 6.07) is 8.44. The third-order valence-corrected chi connectivity index (χ3v) is 3.65. The van der Waals surface area contributed by atoms with Crippen LogP contribution in [0.1, 0.15) is 13.3 Å². The molecule has 3 nitrogen and oxygen atoms in total. The quantitative estimate of drug-likeness (QED) is 0.846. The number of hydrogen-bond donors (Lipinski definition) is 2. The van der Waals surface area contributed by atoms with Crippen molar-refractivity contribution in [3.8, 4) is 0 Å². The molecule has 0 spiro atoms. The number of para-hydroxylation sites is 1. The molecule has 1 heterocycles. The maximum atomic E-state index is 9.31. The Morgan fingerprint density at radius 1 is 1.47 bits per heavy atom. The minimum absolute atomic E-state index is 0.122. The first kappa shape index (κ1) is 12.7. The lowest BCUT2D eigenvalue weighted by atomic mass is 10.1. The van der Waals surface area contributed by atoms with Crippen molar-refractivity contribution in [2.24, 2.45) is 0 Å². The number of anilines is 1. The van der Waals surface area contributed by atoms with Crippen LogP contribution in [0.25, 0.3) is 0 Å². The summed E-state index contributed by atoms with van der Waals surface area (Å²) in [6.07, 6.45) is 1.06. The number of nitrogens with zero attached hydrogens (tertiary/aromatic N) is 1. The van der Waals surface area contributed by atoms with E-state index in [1.807, 2.05) is 24.3 Å². The second kappa shape index (κ2) is 5.71. The highest BCUT2D eigenvalue weighted by Crippen LogP contribution is 2.28. The van der Waals surface area contributed by atoms with Gasteiger partial charge in [0.15, 0.2) is 0 Å². The third kappa shape index (κ3) is 2.92. The van der Waals surface area contributed by atoms with Crippen molar-refractivity contribution >= 4 is 17.3 Å². The van der Waals surface area contributed by atoms with Gasteiger partial charge >= 0.3 is 0 Å². The minimum Gasteiger partial charge on any atom is -0.395 e. The zero-order valence-electron chi connectivity index (χ0n) is 10.1. The largest absolute Gasteiger partial charge is 0.395 e. The molecule has 0 aromatic heterocycles. The number of benzene rings is 1. The molecule has 17 heavy (non-hydrogen) atoms. The van der Waals surface area contributed by atoms with E-state index in [-0.39, 0.29) is 12.6 Å². The highest BCUT2D eigenvalue weighted by atomic mass is 35.5. The molecule has 0 saturated carbocycles. The first-order valence-corrected chi connectivity index (χ1v) is 6.45. The van der Waals surface area contributed by atoms with Crippen LogP contribution in [0.4, 0.5) is 5.69 Å². The van der Waals surface area contributed by atoms with Crippen molar-refractivity contribution in [1.82, 2.24) is 5.32 Å². The molecule has 0 amide bonds. The van der Waals surface area contributed by atoms with Gasteiger partial charge in [-0.15, -0.1) is 0 Å². The summed E-state index contributed by atoms with van der Waals surface area (Å²) in [7, 11) is 0. The van der Waals surface area contributed by atoms with Crippen LogP contribution in [0.5, 0.6) is 0 Å². The fraction of sp³-hybridized carbons (Fsp3) is 0.538. The Kier molecular flexibility index (Phi) is 4.26. The monoisotopic (exact) mass is 254 g/mol. The van der Waals surface area contributed by atoms with Crippen LogP contribution in [0, 0.1) is 0 Å². The summed E-state index contributed by atoms with van der Waals surface area (Å²) in [5.74, 6) is 0. The molecule has 1 fully saturated rings. The first-order chi connectivity index (χ1) is 8.22. The van der Waals surface area contributed by atoms with E-state index in [2.05, 4.69) is 17.1 Å². The normalized spacial score (nSPS) is 25.7.